The van der Waals surface area contributed by atoms with Gasteiger partial charge in [-0.05, 0) is 68.2 Å². The van der Waals surface area contributed by atoms with Crippen LogP contribution in [-0.2, 0) is 0 Å². The summed E-state index contributed by atoms with van der Waals surface area (Å²) < 4.78 is 0. The summed E-state index contributed by atoms with van der Waals surface area (Å²) >= 11 is 0. The number of aryl methyl sites for hydroxylation is 2. The van der Waals surface area contributed by atoms with Crippen LogP contribution in [0.2, 0.25) is 0 Å². The molecule has 1 N–H and O–H groups in total. The molecule has 1 aliphatic rings. The largest absolute Gasteiger partial charge is 0.310 e. The van der Waals surface area contributed by atoms with Crippen molar-refractivity contribution in [3.05, 3.63) is 34.9 Å². The molecule has 0 aliphatic heterocycles. The highest BCUT2D eigenvalue weighted by atomic mass is 14.9. The van der Waals surface area contributed by atoms with Crippen LogP contribution in [0.15, 0.2) is 18.2 Å². The van der Waals surface area contributed by atoms with Crippen LogP contribution in [0.4, 0.5) is 0 Å². The van der Waals surface area contributed by atoms with Gasteiger partial charge in [-0.3, -0.25) is 0 Å². The molecule has 0 bridgehead atoms. The normalized spacial score (nSPS) is 24.6. The monoisotopic (exact) mass is 259 g/mol. The zero-order valence-electron chi connectivity index (χ0n) is 13.0. The van der Waals surface area contributed by atoms with Crippen LogP contribution in [0.5, 0.6) is 0 Å². The molecule has 1 aromatic carbocycles. The first-order chi connectivity index (χ1) is 9.11. The second-order valence-corrected chi connectivity index (χ2v) is 6.45. The molecule has 3 unspecified atom stereocenters. The lowest BCUT2D eigenvalue weighted by molar-refractivity contribution is 0.359. The van der Waals surface area contributed by atoms with Gasteiger partial charge < -0.3 is 5.32 Å². The maximum Gasteiger partial charge on any atom is 0.0348 e. The number of nitrogens with one attached hydrogen (secondary N) is 1. The Bertz CT molecular complexity index is 410. The number of rotatable bonds is 5. The second kappa shape index (κ2) is 6.56. The maximum absolute atomic E-state index is 3.79. The van der Waals surface area contributed by atoms with Crippen LogP contribution >= 0.6 is 0 Å². The lowest BCUT2D eigenvalue weighted by atomic mass is 9.89. The quantitative estimate of drug-likeness (QED) is 0.802. The molecule has 2 rings (SSSR count). The highest BCUT2D eigenvalue weighted by Crippen LogP contribution is 2.39. The van der Waals surface area contributed by atoms with E-state index in [9.17, 15) is 0 Å². The molecule has 0 saturated heterocycles. The van der Waals surface area contributed by atoms with Gasteiger partial charge in [-0.2, -0.15) is 0 Å². The van der Waals surface area contributed by atoms with E-state index < -0.39 is 0 Å². The molecule has 0 aromatic heterocycles. The molecule has 19 heavy (non-hydrogen) atoms. The molecule has 106 valence electrons. The van der Waals surface area contributed by atoms with Gasteiger partial charge in [0, 0.05) is 6.04 Å². The summed E-state index contributed by atoms with van der Waals surface area (Å²) in [5.41, 5.74) is 4.32. The van der Waals surface area contributed by atoms with Crippen molar-refractivity contribution in [2.24, 2.45) is 11.8 Å². The van der Waals surface area contributed by atoms with Gasteiger partial charge in [0.25, 0.3) is 0 Å². The van der Waals surface area contributed by atoms with Crippen molar-refractivity contribution in [2.75, 3.05) is 6.54 Å². The van der Waals surface area contributed by atoms with Gasteiger partial charge in [0.1, 0.15) is 0 Å². The van der Waals surface area contributed by atoms with E-state index in [0.29, 0.717) is 6.04 Å². The number of hydrogen-bond acceptors (Lipinski definition) is 1. The third kappa shape index (κ3) is 3.60. The van der Waals surface area contributed by atoms with E-state index in [4.69, 9.17) is 0 Å². The minimum Gasteiger partial charge on any atom is -0.310 e. The Kier molecular flexibility index (Phi) is 5.04. The van der Waals surface area contributed by atoms with E-state index in [1.165, 1.54) is 42.4 Å². The fourth-order valence-corrected chi connectivity index (χ4v) is 3.37. The third-order valence-corrected chi connectivity index (χ3v) is 4.71. The first-order valence-corrected chi connectivity index (χ1v) is 7.92. The molecule has 1 fully saturated rings. The second-order valence-electron chi connectivity index (χ2n) is 6.45. The Morgan fingerprint density at radius 3 is 2.58 bits per heavy atom. The van der Waals surface area contributed by atoms with Gasteiger partial charge >= 0.3 is 0 Å². The lowest BCUT2D eigenvalue weighted by Crippen LogP contribution is -2.28. The molecule has 1 aliphatic carbocycles. The standard InChI is InChI=1S/C18H29N/c1-5-10-19-18(16-8-6-13(2)11-16)17-9-7-14(3)15(4)12-17/h7,9,12-13,16,18-19H,5-6,8,10-11H2,1-4H3. The average Bonchev–Trinajstić information content (AvgIpc) is 2.80. The molecular weight excluding hydrogens is 230 g/mol. The molecule has 0 spiro atoms. The van der Waals surface area contributed by atoms with Crippen molar-refractivity contribution in [2.45, 2.75) is 59.4 Å². The average molecular weight is 259 g/mol. The number of hydrogen-bond donors (Lipinski definition) is 1. The molecular formula is C18H29N. The molecule has 1 aromatic rings. The van der Waals surface area contributed by atoms with E-state index in [-0.39, 0.29) is 0 Å². The molecule has 1 heteroatoms. The van der Waals surface area contributed by atoms with Crippen molar-refractivity contribution in [3.63, 3.8) is 0 Å². The minimum absolute atomic E-state index is 0.559. The van der Waals surface area contributed by atoms with Crippen LogP contribution in [0, 0.1) is 25.7 Å². The van der Waals surface area contributed by atoms with Gasteiger partial charge in [-0.1, -0.05) is 38.5 Å². The summed E-state index contributed by atoms with van der Waals surface area (Å²) in [6.07, 6.45) is 5.38. The Morgan fingerprint density at radius 1 is 1.21 bits per heavy atom. The Hall–Kier alpha value is -0.820. The van der Waals surface area contributed by atoms with Gasteiger partial charge in [0.2, 0.25) is 0 Å². The number of benzene rings is 1. The highest BCUT2D eigenvalue weighted by Gasteiger charge is 2.29. The molecule has 0 radical (unpaired) electrons. The van der Waals surface area contributed by atoms with Crippen LogP contribution in [0.25, 0.3) is 0 Å². The zero-order chi connectivity index (χ0) is 13.8. The van der Waals surface area contributed by atoms with Crippen LogP contribution in [-0.4, -0.2) is 6.54 Å². The van der Waals surface area contributed by atoms with Crippen LogP contribution in [0.3, 0.4) is 0 Å². The lowest BCUT2D eigenvalue weighted by Gasteiger charge is -2.26. The Morgan fingerprint density at radius 2 is 2.00 bits per heavy atom. The molecule has 1 nitrogen and oxygen atoms in total. The van der Waals surface area contributed by atoms with E-state index in [1.54, 1.807) is 0 Å². The van der Waals surface area contributed by atoms with Crippen molar-refractivity contribution in [1.82, 2.24) is 5.32 Å². The van der Waals surface area contributed by atoms with Crippen molar-refractivity contribution in [1.29, 1.82) is 0 Å². The van der Waals surface area contributed by atoms with Gasteiger partial charge in [-0.25, -0.2) is 0 Å². The summed E-state index contributed by atoms with van der Waals surface area (Å²) in [5.74, 6) is 1.73. The molecule has 1 saturated carbocycles. The summed E-state index contributed by atoms with van der Waals surface area (Å²) in [4.78, 5) is 0. The Labute approximate surface area is 118 Å². The molecule has 3 atom stereocenters. The summed E-state index contributed by atoms with van der Waals surface area (Å²) in [6, 6.07) is 7.57. The maximum atomic E-state index is 3.79. The molecule has 0 heterocycles. The summed E-state index contributed by atoms with van der Waals surface area (Å²) in [5, 5.41) is 3.79. The van der Waals surface area contributed by atoms with E-state index in [0.717, 1.165) is 18.4 Å². The first-order valence-electron chi connectivity index (χ1n) is 7.92. The summed E-state index contributed by atoms with van der Waals surface area (Å²) in [7, 11) is 0. The fourth-order valence-electron chi connectivity index (χ4n) is 3.37. The van der Waals surface area contributed by atoms with Gasteiger partial charge in [0.05, 0.1) is 0 Å². The highest BCUT2D eigenvalue weighted by molar-refractivity contribution is 5.32. The van der Waals surface area contributed by atoms with Crippen molar-refractivity contribution >= 4 is 0 Å². The predicted octanol–water partition coefficient (Wildman–Crippen LogP) is 4.78. The third-order valence-electron chi connectivity index (χ3n) is 4.71. The molecule has 0 amide bonds. The van der Waals surface area contributed by atoms with E-state index >= 15 is 0 Å². The van der Waals surface area contributed by atoms with Crippen molar-refractivity contribution in [3.8, 4) is 0 Å². The van der Waals surface area contributed by atoms with Gasteiger partial charge in [0.15, 0.2) is 0 Å². The fraction of sp³-hybridized carbons (Fsp3) is 0.667. The first kappa shape index (κ1) is 14.6. The van der Waals surface area contributed by atoms with Gasteiger partial charge in [-0.15, -0.1) is 0 Å². The SMILES string of the molecule is CCCNC(c1ccc(C)c(C)c1)C1CCC(C)C1. The minimum atomic E-state index is 0.559. The smallest absolute Gasteiger partial charge is 0.0348 e. The Balaban J connectivity index is 2.18. The van der Waals surface area contributed by atoms with Crippen LogP contribution < -0.4 is 5.32 Å². The van der Waals surface area contributed by atoms with Crippen LogP contribution in [0.1, 0.15) is 62.3 Å². The topological polar surface area (TPSA) is 12.0 Å². The van der Waals surface area contributed by atoms with Crippen molar-refractivity contribution < 1.29 is 0 Å². The van der Waals surface area contributed by atoms with E-state index in [1.807, 2.05) is 0 Å². The summed E-state index contributed by atoms with van der Waals surface area (Å²) in [6.45, 7) is 10.2. The predicted molar refractivity (Wildman–Crippen MR) is 83.5 cm³/mol. The van der Waals surface area contributed by atoms with E-state index in [2.05, 4.69) is 51.2 Å². The zero-order valence-corrected chi connectivity index (χ0v) is 13.0.